The molecule has 2 unspecified atom stereocenters. The number of fused-ring (bicyclic) bond motifs is 2. The average molecular weight is 747 g/mol. The van der Waals surface area contributed by atoms with Crippen molar-refractivity contribution in [1.29, 1.82) is 0 Å². The third-order valence-corrected chi connectivity index (χ3v) is 9.70. The van der Waals surface area contributed by atoms with Crippen LogP contribution in [0.2, 0.25) is 0 Å². The number of amides is 3. The molecular formula is C39H41F3N6O4S. The van der Waals surface area contributed by atoms with Gasteiger partial charge in [-0.05, 0) is 81.6 Å². The van der Waals surface area contributed by atoms with Crippen LogP contribution in [-0.4, -0.2) is 75.3 Å². The summed E-state index contributed by atoms with van der Waals surface area (Å²) in [4.78, 5) is 58.4. The van der Waals surface area contributed by atoms with E-state index in [0.717, 1.165) is 70.7 Å². The Morgan fingerprint density at radius 3 is 2.62 bits per heavy atom. The van der Waals surface area contributed by atoms with Gasteiger partial charge in [0.25, 0.3) is 11.8 Å². The Bertz CT molecular complexity index is 2020. The lowest BCUT2D eigenvalue weighted by Gasteiger charge is -2.22. The van der Waals surface area contributed by atoms with E-state index in [9.17, 15) is 23.1 Å². The summed E-state index contributed by atoms with van der Waals surface area (Å²) in [7, 11) is 3.43. The molecule has 4 aromatic rings. The van der Waals surface area contributed by atoms with Crippen LogP contribution in [0.3, 0.4) is 0 Å². The Kier molecular flexibility index (Phi) is 13.3. The van der Waals surface area contributed by atoms with Crippen molar-refractivity contribution in [2.45, 2.75) is 70.5 Å². The Labute approximate surface area is 310 Å². The number of rotatable bonds is 12. The molecule has 278 valence electrons. The summed E-state index contributed by atoms with van der Waals surface area (Å²) in [5.41, 5.74) is 3.74. The number of aldehydes is 1. The van der Waals surface area contributed by atoms with E-state index in [1.165, 1.54) is 7.05 Å². The van der Waals surface area contributed by atoms with E-state index < -0.39 is 23.6 Å². The Balaban J connectivity index is 0.000000833. The maximum absolute atomic E-state index is 15.0. The number of aromatic amines is 1. The Hall–Kier alpha value is -5.13. The van der Waals surface area contributed by atoms with Crippen LogP contribution in [0.1, 0.15) is 94.6 Å². The summed E-state index contributed by atoms with van der Waals surface area (Å²) in [6.45, 7) is 3.34. The smallest absolute Gasteiger partial charge is 0.257 e. The number of benzene rings is 2. The van der Waals surface area contributed by atoms with Crippen LogP contribution >= 0.6 is 12.3 Å². The zero-order valence-corrected chi connectivity index (χ0v) is 30.6. The number of H-pyrrole nitrogens is 1. The normalized spacial score (nSPS) is 15.6. The first-order valence-corrected chi connectivity index (χ1v) is 18.1. The van der Waals surface area contributed by atoms with E-state index in [-0.39, 0.29) is 41.6 Å². The first-order chi connectivity index (χ1) is 25.6. The SMILES string of the molecule is CCCC(C=O)N1Cc2c(C#CCCCc3c(F)cc(C(=O)Nc4cc5[nH]c(C6CCCN6C)cc5cn4)cc3F)cccc2C1=O.CN(C=O)SF. The van der Waals surface area contributed by atoms with Gasteiger partial charge in [0.1, 0.15) is 23.7 Å². The third-order valence-electron chi connectivity index (χ3n) is 9.40. The summed E-state index contributed by atoms with van der Waals surface area (Å²) in [5.74, 6) is 4.02. The molecule has 2 aromatic heterocycles. The van der Waals surface area contributed by atoms with Crippen LogP contribution in [0, 0.1) is 23.5 Å². The van der Waals surface area contributed by atoms with Gasteiger partial charge in [0, 0.05) is 71.7 Å². The molecule has 53 heavy (non-hydrogen) atoms. The molecule has 2 aliphatic rings. The molecular weight excluding hydrogens is 706 g/mol. The van der Waals surface area contributed by atoms with Crippen molar-refractivity contribution >= 4 is 53.6 Å². The number of nitrogens with zero attached hydrogens (tertiary/aromatic N) is 4. The van der Waals surface area contributed by atoms with Gasteiger partial charge in [-0.2, -0.15) is 0 Å². The van der Waals surface area contributed by atoms with Crippen molar-refractivity contribution in [1.82, 2.24) is 24.1 Å². The average Bonchev–Trinajstić information content (AvgIpc) is 3.87. The molecule has 2 atom stereocenters. The summed E-state index contributed by atoms with van der Waals surface area (Å²) >= 11 is -0.110. The van der Waals surface area contributed by atoms with Gasteiger partial charge < -0.3 is 20.0 Å². The van der Waals surface area contributed by atoms with Gasteiger partial charge in [-0.1, -0.05) is 31.3 Å². The van der Waals surface area contributed by atoms with E-state index >= 15 is 8.78 Å². The maximum atomic E-state index is 15.0. The molecule has 2 aliphatic heterocycles. The molecule has 1 saturated heterocycles. The minimum Gasteiger partial charge on any atom is -0.357 e. The number of unbranched alkanes of at least 4 members (excludes halogenated alkanes) is 1. The number of carbonyl (C=O) groups excluding carboxylic acids is 4. The largest absolute Gasteiger partial charge is 0.357 e. The molecule has 0 radical (unpaired) electrons. The first-order valence-electron chi connectivity index (χ1n) is 17.4. The van der Waals surface area contributed by atoms with Gasteiger partial charge in [-0.15, -0.1) is 3.89 Å². The Morgan fingerprint density at radius 2 is 1.98 bits per heavy atom. The highest BCUT2D eigenvalue weighted by molar-refractivity contribution is 7.92. The van der Waals surface area contributed by atoms with Crippen LogP contribution in [0.25, 0.3) is 10.9 Å². The molecule has 10 nitrogen and oxygen atoms in total. The number of likely N-dealkylation sites (tertiary alicyclic amines) is 1. The van der Waals surface area contributed by atoms with E-state index in [2.05, 4.69) is 45.1 Å². The number of hydrogen-bond acceptors (Lipinski definition) is 7. The summed E-state index contributed by atoms with van der Waals surface area (Å²) < 4.78 is 41.8. The second-order valence-electron chi connectivity index (χ2n) is 13.0. The number of carbonyl (C=O) groups is 4. The topological polar surface area (TPSA) is 119 Å². The van der Waals surface area contributed by atoms with Crippen molar-refractivity contribution < 1.29 is 31.8 Å². The standard InChI is InChI=1S/C37H37F2N5O3.C2H4FNOS/c1-3-9-26(22-45)44-21-29-23(11-7-13-27(29)37(44)47)10-5-4-6-12-28-30(38)16-24(17-31(28)39)36(46)42-35-19-32-25(20-40-35)18-33(41-32)34-14-8-15-43(34)2;1-4(2-5)6-3/h7,11,13,16-20,22,26,34,41H,3-4,6,8-9,12,14-15,21H2,1-2H3,(H,40,42,46);2H,1H3. The van der Waals surface area contributed by atoms with Gasteiger partial charge in [0.05, 0.1) is 11.6 Å². The van der Waals surface area contributed by atoms with Gasteiger partial charge in [-0.25, -0.2) is 13.8 Å². The van der Waals surface area contributed by atoms with Crippen LogP contribution in [0.5, 0.6) is 0 Å². The van der Waals surface area contributed by atoms with Crippen LogP contribution in [-0.2, 0) is 22.6 Å². The number of aromatic nitrogens is 2. The van der Waals surface area contributed by atoms with Gasteiger partial charge >= 0.3 is 0 Å². The molecule has 4 heterocycles. The van der Waals surface area contributed by atoms with E-state index in [4.69, 9.17) is 0 Å². The number of nitrogens with one attached hydrogen (secondary N) is 2. The molecule has 2 N–H and O–H groups in total. The van der Waals surface area contributed by atoms with E-state index in [1.54, 1.807) is 29.3 Å². The highest BCUT2D eigenvalue weighted by Crippen LogP contribution is 2.32. The van der Waals surface area contributed by atoms with Crippen molar-refractivity contribution in [2.24, 2.45) is 0 Å². The monoisotopic (exact) mass is 746 g/mol. The highest BCUT2D eigenvalue weighted by atomic mass is 32.2. The minimum atomic E-state index is -0.794. The molecule has 1 fully saturated rings. The van der Waals surface area contributed by atoms with E-state index in [0.29, 0.717) is 49.4 Å². The van der Waals surface area contributed by atoms with Crippen molar-refractivity contribution in [3.8, 4) is 11.8 Å². The first kappa shape index (κ1) is 39.1. The zero-order valence-electron chi connectivity index (χ0n) is 29.8. The second-order valence-corrected chi connectivity index (χ2v) is 13.7. The van der Waals surface area contributed by atoms with Crippen LogP contribution in [0.15, 0.2) is 48.7 Å². The van der Waals surface area contributed by atoms with Gasteiger partial charge in [-0.3, -0.25) is 23.6 Å². The molecule has 3 amide bonds. The predicted molar refractivity (Wildman–Crippen MR) is 198 cm³/mol. The Morgan fingerprint density at radius 1 is 1.21 bits per heavy atom. The fraction of sp³-hybridized carbons (Fsp3) is 0.359. The highest BCUT2D eigenvalue weighted by Gasteiger charge is 2.33. The maximum Gasteiger partial charge on any atom is 0.257 e. The lowest BCUT2D eigenvalue weighted by Crippen LogP contribution is -2.36. The van der Waals surface area contributed by atoms with Crippen molar-refractivity contribution in [3.05, 3.63) is 93.8 Å². The lowest BCUT2D eigenvalue weighted by molar-refractivity contribution is -0.113. The molecule has 14 heteroatoms. The summed E-state index contributed by atoms with van der Waals surface area (Å²) in [6, 6.07) is 11.1. The van der Waals surface area contributed by atoms with E-state index in [1.807, 2.05) is 13.0 Å². The molecule has 6 rings (SSSR count). The lowest BCUT2D eigenvalue weighted by atomic mass is 10.0. The number of hydrogen-bond donors (Lipinski definition) is 2. The fourth-order valence-corrected chi connectivity index (χ4v) is 6.65. The number of halogens is 3. The van der Waals surface area contributed by atoms with Gasteiger partial charge in [0.15, 0.2) is 12.3 Å². The number of pyridine rings is 1. The van der Waals surface area contributed by atoms with Crippen molar-refractivity contribution in [3.63, 3.8) is 0 Å². The summed E-state index contributed by atoms with van der Waals surface area (Å²) in [6.07, 6.45) is 7.36. The third kappa shape index (κ3) is 9.27. The molecule has 2 aromatic carbocycles. The quantitative estimate of drug-likeness (QED) is 0.0684. The van der Waals surface area contributed by atoms with Crippen molar-refractivity contribution in [2.75, 3.05) is 26.0 Å². The minimum absolute atomic E-state index is 0.101. The molecule has 0 spiro atoms. The van der Waals surface area contributed by atoms with Crippen LogP contribution in [0.4, 0.5) is 18.5 Å². The summed E-state index contributed by atoms with van der Waals surface area (Å²) in [5, 5.41) is 3.58. The molecule has 0 saturated carbocycles. The zero-order chi connectivity index (χ0) is 38.1. The predicted octanol–water partition coefficient (Wildman–Crippen LogP) is 7.17. The van der Waals surface area contributed by atoms with Crippen LogP contribution < -0.4 is 5.32 Å². The number of anilines is 1. The van der Waals surface area contributed by atoms with Gasteiger partial charge in [0.2, 0.25) is 6.41 Å². The molecule has 0 bridgehead atoms. The fourth-order valence-electron chi connectivity index (χ4n) is 6.62. The molecule has 0 aliphatic carbocycles. The second kappa shape index (κ2) is 18.1.